The highest BCUT2D eigenvalue weighted by molar-refractivity contribution is 5.72. The highest BCUT2D eigenvalue weighted by Crippen LogP contribution is 2.41. The maximum absolute atomic E-state index is 14.8. The quantitative estimate of drug-likeness (QED) is 0.506. The van der Waals surface area contributed by atoms with E-state index in [0.717, 1.165) is 0 Å². The maximum atomic E-state index is 14.8. The van der Waals surface area contributed by atoms with E-state index in [9.17, 15) is 14.5 Å². The summed E-state index contributed by atoms with van der Waals surface area (Å²) in [4.78, 5) is 21.2. The first-order valence-electron chi connectivity index (χ1n) is 8.53. The Labute approximate surface area is 154 Å². The number of piperidine rings is 1. The number of benzene rings is 1. The van der Waals surface area contributed by atoms with Crippen molar-refractivity contribution in [1.82, 2.24) is 9.97 Å². The lowest BCUT2D eigenvalue weighted by Crippen LogP contribution is -2.38. The Morgan fingerprint density at radius 2 is 2.07 bits per heavy atom. The second kappa shape index (κ2) is 6.46. The van der Waals surface area contributed by atoms with Crippen molar-refractivity contribution >= 4 is 22.6 Å². The zero-order valence-corrected chi connectivity index (χ0v) is 14.6. The van der Waals surface area contributed by atoms with E-state index in [0.29, 0.717) is 22.5 Å². The summed E-state index contributed by atoms with van der Waals surface area (Å²) in [7, 11) is 0. The minimum Gasteiger partial charge on any atom is -0.440 e. The maximum Gasteiger partial charge on any atom is 0.311 e. The van der Waals surface area contributed by atoms with Crippen molar-refractivity contribution in [2.75, 3.05) is 11.4 Å². The molecule has 1 aliphatic rings. The van der Waals surface area contributed by atoms with Gasteiger partial charge in [0.1, 0.15) is 17.6 Å². The molecule has 1 saturated heterocycles. The fourth-order valence-corrected chi connectivity index (χ4v) is 3.38. The summed E-state index contributed by atoms with van der Waals surface area (Å²) < 4.78 is 20.5. The summed E-state index contributed by atoms with van der Waals surface area (Å²) in [5.41, 5.74) is 2.02. The number of pyridine rings is 1. The zero-order chi connectivity index (χ0) is 19.1. The van der Waals surface area contributed by atoms with Gasteiger partial charge < -0.3 is 9.32 Å². The van der Waals surface area contributed by atoms with Crippen molar-refractivity contribution in [3.05, 3.63) is 70.4 Å². The van der Waals surface area contributed by atoms with Crippen LogP contribution in [-0.4, -0.2) is 27.6 Å². The van der Waals surface area contributed by atoms with Crippen LogP contribution in [0.25, 0.3) is 11.1 Å². The Kier molecular flexibility index (Phi) is 4.10. The average Bonchev–Trinajstić information content (AvgIpc) is 3.05. The molecule has 2 atom stereocenters. The molecule has 0 bridgehead atoms. The number of aromatic nitrogens is 2. The first-order valence-corrected chi connectivity index (χ1v) is 8.53. The molecule has 0 radical (unpaired) electrons. The van der Waals surface area contributed by atoms with E-state index in [-0.39, 0.29) is 30.4 Å². The van der Waals surface area contributed by atoms with Crippen molar-refractivity contribution in [3.8, 4) is 0 Å². The number of fused-ring (bicyclic) bond motifs is 1. The van der Waals surface area contributed by atoms with Crippen molar-refractivity contribution < 1.29 is 13.7 Å². The number of hydrogen-bond acceptors (Lipinski definition) is 6. The normalized spacial score (nSPS) is 20.2. The molecule has 27 heavy (non-hydrogen) atoms. The van der Waals surface area contributed by atoms with Gasteiger partial charge in [0.15, 0.2) is 5.58 Å². The molecule has 0 N–H and O–H groups in total. The van der Waals surface area contributed by atoms with Crippen LogP contribution in [0, 0.1) is 17.0 Å². The zero-order valence-electron chi connectivity index (χ0n) is 14.6. The van der Waals surface area contributed by atoms with Gasteiger partial charge >= 0.3 is 5.69 Å². The molecule has 1 aromatic carbocycles. The van der Waals surface area contributed by atoms with Crippen LogP contribution in [-0.2, 0) is 0 Å². The molecule has 0 amide bonds. The van der Waals surface area contributed by atoms with Gasteiger partial charge in [-0.1, -0.05) is 18.7 Å². The highest BCUT2D eigenvalue weighted by atomic mass is 19.1. The van der Waals surface area contributed by atoms with Crippen LogP contribution in [0.3, 0.4) is 0 Å². The van der Waals surface area contributed by atoms with E-state index in [2.05, 4.69) is 16.5 Å². The number of oxazole rings is 1. The molecule has 0 saturated carbocycles. The molecule has 7 nitrogen and oxygen atoms in total. The molecule has 8 heteroatoms. The van der Waals surface area contributed by atoms with E-state index in [1.165, 1.54) is 6.07 Å². The average molecular weight is 368 g/mol. The van der Waals surface area contributed by atoms with Crippen LogP contribution in [0.1, 0.15) is 23.9 Å². The number of para-hydroxylation sites is 2. The number of alkyl halides is 1. The van der Waals surface area contributed by atoms with Crippen molar-refractivity contribution in [2.24, 2.45) is 0 Å². The van der Waals surface area contributed by atoms with Gasteiger partial charge in [0.25, 0.3) is 0 Å². The van der Waals surface area contributed by atoms with Crippen LogP contribution in [0.15, 0.2) is 53.1 Å². The first-order chi connectivity index (χ1) is 13.0. The predicted octanol–water partition coefficient (Wildman–Crippen LogP) is 4.29. The van der Waals surface area contributed by atoms with E-state index >= 15 is 0 Å². The van der Waals surface area contributed by atoms with Crippen LogP contribution < -0.4 is 4.90 Å². The Hall–Kier alpha value is -3.29. The number of nitrogens with zero attached hydrogens (tertiary/aromatic N) is 4. The van der Waals surface area contributed by atoms with Crippen LogP contribution >= 0.6 is 0 Å². The lowest BCUT2D eigenvalue weighted by molar-refractivity contribution is -0.384. The fraction of sp³-hybridized carbons (Fsp3) is 0.263. The first kappa shape index (κ1) is 17.1. The van der Waals surface area contributed by atoms with Gasteiger partial charge in [-0.05, 0) is 31.5 Å². The van der Waals surface area contributed by atoms with Crippen molar-refractivity contribution in [3.63, 3.8) is 0 Å². The molecule has 1 fully saturated rings. The fourth-order valence-electron chi connectivity index (χ4n) is 3.38. The second-order valence-corrected chi connectivity index (χ2v) is 6.50. The predicted molar refractivity (Wildman–Crippen MR) is 98.4 cm³/mol. The molecule has 1 aliphatic heterocycles. The largest absolute Gasteiger partial charge is 0.440 e. The van der Waals surface area contributed by atoms with Crippen LogP contribution in [0.4, 0.5) is 15.9 Å². The van der Waals surface area contributed by atoms with Crippen LogP contribution in [0.5, 0.6) is 0 Å². The second-order valence-electron chi connectivity index (χ2n) is 6.50. The minimum absolute atomic E-state index is 0.143. The number of allylic oxidation sites excluding steroid dienone is 1. The Morgan fingerprint density at radius 3 is 2.81 bits per heavy atom. The van der Waals surface area contributed by atoms with E-state index in [1.54, 1.807) is 30.0 Å². The van der Waals surface area contributed by atoms with Gasteiger partial charge in [-0.2, -0.15) is 0 Å². The molecule has 0 spiro atoms. The molecule has 0 aliphatic carbocycles. The van der Waals surface area contributed by atoms with Gasteiger partial charge in [-0.15, -0.1) is 0 Å². The van der Waals surface area contributed by atoms with Gasteiger partial charge in [-0.25, -0.2) is 14.4 Å². The minimum atomic E-state index is -1.24. The number of nitro groups is 1. The summed E-state index contributed by atoms with van der Waals surface area (Å²) in [6.45, 7) is 5.99. The summed E-state index contributed by atoms with van der Waals surface area (Å²) in [6, 6.07) is 10.2. The van der Waals surface area contributed by atoms with E-state index < -0.39 is 17.0 Å². The SMILES string of the molecule is C=C1C(c2nc3ccccc3o2)C(F)CCN1c1nc(C)ccc1[N+](=O)[O-]. The third-order valence-corrected chi connectivity index (χ3v) is 4.72. The third-order valence-electron chi connectivity index (χ3n) is 4.72. The summed E-state index contributed by atoms with van der Waals surface area (Å²) in [6.07, 6.45) is -1.08. The molecule has 3 aromatic rings. The monoisotopic (exact) mass is 368 g/mol. The van der Waals surface area contributed by atoms with E-state index in [1.807, 2.05) is 12.1 Å². The summed E-state index contributed by atoms with van der Waals surface area (Å²) in [5, 5.41) is 11.4. The smallest absolute Gasteiger partial charge is 0.311 e. The van der Waals surface area contributed by atoms with E-state index in [4.69, 9.17) is 4.42 Å². The third kappa shape index (κ3) is 2.92. The van der Waals surface area contributed by atoms with Gasteiger partial charge in [0, 0.05) is 24.0 Å². The lowest BCUT2D eigenvalue weighted by atomic mass is 9.92. The van der Waals surface area contributed by atoms with Crippen molar-refractivity contribution in [1.29, 1.82) is 0 Å². The number of halogens is 1. The Morgan fingerprint density at radius 1 is 1.30 bits per heavy atom. The van der Waals surface area contributed by atoms with Gasteiger partial charge in [-0.3, -0.25) is 10.1 Å². The van der Waals surface area contributed by atoms with Gasteiger partial charge in [0.2, 0.25) is 11.7 Å². The number of hydrogen-bond donors (Lipinski definition) is 0. The number of anilines is 1. The summed E-state index contributed by atoms with van der Waals surface area (Å²) >= 11 is 0. The molecule has 2 unspecified atom stereocenters. The molecule has 2 aromatic heterocycles. The lowest BCUT2D eigenvalue weighted by Gasteiger charge is -2.36. The topological polar surface area (TPSA) is 85.3 Å². The van der Waals surface area contributed by atoms with Crippen LogP contribution in [0.2, 0.25) is 0 Å². The number of aryl methyl sites for hydroxylation is 1. The standard InChI is InChI=1S/C19H17FN4O3/c1-11-7-8-15(24(25)26)18(21-11)23-10-9-13(20)17(12(23)2)19-22-14-5-3-4-6-16(14)27-19/h3-8,13,17H,2,9-10H2,1H3. The van der Waals surface area contributed by atoms with Gasteiger partial charge in [0.05, 0.1) is 4.92 Å². The molecule has 4 rings (SSSR count). The molecule has 138 valence electrons. The summed E-state index contributed by atoms with van der Waals surface area (Å²) in [5.74, 6) is -0.445. The molecular formula is C19H17FN4O3. The molecular weight excluding hydrogens is 351 g/mol. The molecule has 3 heterocycles. The Bertz CT molecular complexity index is 1020. The Balaban J connectivity index is 1.76. The highest BCUT2D eigenvalue weighted by Gasteiger charge is 2.39. The number of rotatable bonds is 3. The van der Waals surface area contributed by atoms with Crippen molar-refractivity contribution in [2.45, 2.75) is 25.4 Å².